The van der Waals surface area contributed by atoms with Crippen molar-refractivity contribution in [2.24, 2.45) is 5.92 Å². The van der Waals surface area contributed by atoms with Gasteiger partial charge in [-0.05, 0) is 31.0 Å². The lowest BCUT2D eigenvalue weighted by Crippen LogP contribution is -2.32. The quantitative estimate of drug-likeness (QED) is 0.818. The summed E-state index contributed by atoms with van der Waals surface area (Å²) in [5.41, 5.74) is 1.21. The number of nitrogens with one attached hydrogen (secondary N) is 1. The highest BCUT2D eigenvalue weighted by Crippen LogP contribution is 2.30. The molecule has 3 nitrogen and oxygen atoms in total. The smallest absolute Gasteiger partial charge is 0.0796 e. The molecule has 1 N–H and O–H groups in total. The number of likely N-dealkylation sites (N-methyl/N-ethyl adjacent to an activating group) is 1. The van der Waals surface area contributed by atoms with Crippen LogP contribution in [0.1, 0.15) is 24.9 Å². The van der Waals surface area contributed by atoms with Crippen molar-refractivity contribution < 1.29 is 4.74 Å². The van der Waals surface area contributed by atoms with Crippen LogP contribution in [0.15, 0.2) is 24.5 Å². The molecule has 2 heterocycles. The minimum absolute atomic E-state index is 0.260. The predicted molar refractivity (Wildman–Crippen MR) is 59.6 cm³/mol. The van der Waals surface area contributed by atoms with Crippen molar-refractivity contribution in [2.75, 3.05) is 13.7 Å². The standard InChI is InChI=1S/C12H18N2O/c1-9-5-7-15-12(9)11(13-2)10-4-3-6-14-8-10/h3-4,6,8-9,11-13H,5,7H2,1-2H3. The Hall–Kier alpha value is -0.930. The van der Waals surface area contributed by atoms with E-state index in [0.29, 0.717) is 5.92 Å². The lowest BCUT2D eigenvalue weighted by Gasteiger charge is -2.25. The molecule has 2 rings (SSSR count). The van der Waals surface area contributed by atoms with Gasteiger partial charge in [-0.2, -0.15) is 0 Å². The minimum Gasteiger partial charge on any atom is -0.376 e. The maximum atomic E-state index is 5.78. The van der Waals surface area contributed by atoms with Crippen molar-refractivity contribution in [2.45, 2.75) is 25.5 Å². The predicted octanol–water partition coefficient (Wildman–Crippen LogP) is 1.77. The molecule has 15 heavy (non-hydrogen) atoms. The summed E-state index contributed by atoms with van der Waals surface area (Å²) in [6.07, 6.45) is 5.15. The van der Waals surface area contributed by atoms with Crippen LogP contribution < -0.4 is 5.32 Å². The fraction of sp³-hybridized carbons (Fsp3) is 0.583. The molecule has 1 fully saturated rings. The van der Waals surface area contributed by atoms with Crippen LogP contribution in [0.5, 0.6) is 0 Å². The van der Waals surface area contributed by atoms with Crippen LogP contribution in [0.25, 0.3) is 0 Å². The van der Waals surface area contributed by atoms with Crippen LogP contribution in [0, 0.1) is 5.92 Å². The summed E-state index contributed by atoms with van der Waals surface area (Å²) in [7, 11) is 1.98. The van der Waals surface area contributed by atoms with Gasteiger partial charge in [0.1, 0.15) is 0 Å². The van der Waals surface area contributed by atoms with Gasteiger partial charge in [0.25, 0.3) is 0 Å². The number of rotatable bonds is 3. The molecule has 0 bridgehead atoms. The molecule has 0 spiro atoms. The van der Waals surface area contributed by atoms with Gasteiger partial charge in [0.2, 0.25) is 0 Å². The first-order valence-corrected chi connectivity index (χ1v) is 5.51. The fourth-order valence-electron chi connectivity index (χ4n) is 2.22. The molecule has 1 saturated heterocycles. The van der Waals surface area contributed by atoms with Gasteiger partial charge in [-0.1, -0.05) is 13.0 Å². The first kappa shape index (κ1) is 10.6. The van der Waals surface area contributed by atoms with Crippen molar-refractivity contribution in [1.29, 1.82) is 0 Å². The molecule has 3 unspecified atom stereocenters. The summed E-state index contributed by atoms with van der Waals surface area (Å²) >= 11 is 0. The van der Waals surface area contributed by atoms with E-state index in [1.807, 2.05) is 19.3 Å². The third-order valence-corrected chi connectivity index (χ3v) is 3.13. The Kier molecular flexibility index (Phi) is 3.34. The molecule has 0 radical (unpaired) electrons. The number of ether oxygens (including phenoxy) is 1. The highest BCUT2D eigenvalue weighted by molar-refractivity contribution is 5.16. The van der Waals surface area contributed by atoms with Crippen LogP contribution in [-0.4, -0.2) is 24.7 Å². The Morgan fingerprint density at radius 1 is 1.60 bits per heavy atom. The van der Waals surface area contributed by atoms with E-state index in [0.717, 1.165) is 13.0 Å². The highest BCUT2D eigenvalue weighted by atomic mass is 16.5. The molecule has 0 aromatic carbocycles. The second-order valence-electron chi connectivity index (χ2n) is 4.15. The molecule has 1 aliphatic rings. The molecule has 3 heteroatoms. The third-order valence-electron chi connectivity index (χ3n) is 3.13. The van der Waals surface area contributed by atoms with Crippen molar-refractivity contribution in [1.82, 2.24) is 10.3 Å². The number of hydrogen-bond donors (Lipinski definition) is 1. The molecule has 1 aromatic rings. The van der Waals surface area contributed by atoms with E-state index in [-0.39, 0.29) is 12.1 Å². The van der Waals surface area contributed by atoms with Gasteiger partial charge in [-0.25, -0.2) is 0 Å². The van der Waals surface area contributed by atoms with Crippen LogP contribution in [0.4, 0.5) is 0 Å². The maximum Gasteiger partial charge on any atom is 0.0796 e. The topological polar surface area (TPSA) is 34.2 Å². The summed E-state index contributed by atoms with van der Waals surface area (Å²) in [6.45, 7) is 3.13. The van der Waals surface area contributed by atoms with Gasteiger partial charge < -0.3 is 10.1 Å². The molecule has 1 aromatic heterocycles. The van der Waals surface area contributed by atoms with E-state index in [9.17, 15) is 0 Å². The molecule has 0 saturated carbocycles. The molecular formula is C12H18N2O. The van der Waals surface area contributed by atoms with E-state index < -0.39 is 0 Å². The Bertz CT molecular complexity index is 302. The highest BCUT2D eigenvalue weighted by Gasteiger charge is 2.32. The van der Waals surface area contributed by atoms with Gasteiger partial charge in [0.05, 0.1) is 12.1 Å². The Morgan fingerprint density at radius 3 is 3.00 bits per heavy atom. The second-order valence-corrected chi connectivity index (χ2v) is 4.15. The van der Waals surface area contributed by atoms with Gasteiger partial charge in [0, 0.05) is 19.0 Å². The molecule has 82 valence electrons. The average Bonchev–Trinajstić information content (AvgIpc) is 2.68. The number of hydrogen-bond acceptors (Lipinski definition) is 3. The summed E-state index contributed by atoms with van der Waals surface area (Å²) < 4.78 is 5.78. The fourth-order valence-corrected chi connectivity index (χ4v) is 2.22. The number of nitrogens with zero attached hydrogens (tertiary/aromatic N) is 1. The molecule has 0 amide bonds. The van der Waals surface area contributed by atoms with Gasteiger partial charge in [0.15, 0.2) is 0 Å². The van der Waals surface area contributed by atoms with Crippen LogP contribution >= 0.6 is 0 Å². The number of aromatic nitrogens is 1. The molecule has 3 atom stereocenters. The van der Waals surface area contributed by atoms with Crippen molar-refractivity contribution in [3.8, 4) is 0 Å². The summed E-state index contributed by atoms with van der Waals surface area (Å²) in [6, 6.07) is 4.33. The monoisotopic (exact) mass is 206 g/mol. The Balaban J connectivity index is 2.17. The minimum atomic E-state index is 0.260. The van der Waals surface area contributed by atoms with E-state index in [1.165, 1.54) is 5.56 Å². The molecule has 0 aliphatic carbocycles. The summed E-state index contributed by atoms with van der Waals surface area (Å²) in [5, 5.41) is 3.33. The normalized spacial score (nSPS) is 27.9. The summed E-state index contributed by atoms with van der Waals surface area (Å²) in [4.78, 5) is 4.15. The van der Waals surface area contributed by atoms with Gasteiger partial charge >= 0.3 is 0 Å². The Labute approximate surface area is 90.9 Å². The first-order chi connectivity index (χ1) is 7.33. The van der Waals surface area contributed by atoms with Crippen molar-refractivity contribution in [3.63, 3.8) is 0 Å². The van der Waals surface area contributed by atoms with Gasteiger partial charge in [-0.15, -0.1) is 0 Å². The zero-order chi connectivity index (χ0) is 10.7. The zero-order valence-electron chi connectivity index (χ0n) is 9.31. The average molecular weight is 206 g/mol. The molecule has 1 aliphatic heterocycles. The molecular weight excluding hydrogens is 188 g/mol. The lowest BCUT2D eigenvalue weighted by molar-refractivity contribution is 0.0630. The van der Waals surface area contributed by atoms with Crippen LogP contribution in [0.2, 0.25) is 0 Å². The van der Waals surface area contributed by atoms with E-state index in [2.05, 4.69) is 23.3 Å². The second kappa shape index (κ2) is 4.73. The lowest BCUT2D eigenvalue weighted by atomic mass is 9.93. The van der Waals surface area contributed by atoms with Crippen LogP contribution in [0.3, 0.4) is 0 Å². The van der Waals surface area contributed by atoms with E-state index in [4.69, 9.17) is 4.74 Å². The third kappa shape index (κ3) is 2.19. The number of pyridine rings is 1. The zero-order valence-corrected chi connectivity index (χ0v) is 9.31. The van der Waals surface area contributed by atoms with Crippen molar-refractivity contribution in [3.05, 3.63) is 30.1 Å². The van der Waals surface area contributed by atoms with Crippen molar-refractivity contribution >= 4 is 0 Å². The summed E-state index contributed by atoms with van der Waals surface area (Å²) in [5.74, 6) is 0.614. The van der Waals surface area contributed by atoms with E-state index >= 15 is 0 Å². The van der Waals surface area contributed by atoms with Gasteiger partial charge in [-0.3, -0.25) is 4.98 Å². The first-order valence-electron chi connectivity index (χ1n) is 5.51. The van der Waals surface area contributed by atoms with Crippen LogP contribution in [-0.2, 0) is 4.74 Å². The Morgan fingerprint density at radius 2 is 2.47 bits per heavy atom. The maximum absolute atomic E-state index is 5.78. The SMILES string of the molecule is CNC(c1cccnc1)C1OCCC1C. The van der Waals surface area contributed by atoms with E-state index in [1.54, 1.807) is 6.20 Å². The largest absolute Gasteiger partial charge is 0.376 e.